The number of carbonyl (C=O) groups is 1. The van der Waals surface area contributed by atoms with Gasteiger partial charge in [-0.1, -0.05) is 23.8 Å². The quantitative estimate of drug-likeness (QED) is 0.545. The predicted molar refractivity (Wildman–Crippen MR) is 71.5 cm³/mol. The van der Waals surface area contributed by atoms with Crippen molar-refractivity contribution >= 4 is 29.0 Å². The number of rotatable bonds is 1. The Morgan fingerprint density at radius 2 is 2.00 bits per heavy atom. The first-order valence-electron chi connectivity index (χ1n) is 6.70. The van der Waals surface area contributed by atoms with E-state index in [0.29, 0.717) is 11.0 Å². The van der Waals surface area contributed by atoms with E-state index in [1.54, 1.807) is 0 Å². The van der Waals surface area contributed by atoms with Crippen LogP contribution >= 0.6 is 23.2 Å². The maximum atomic E-state index is 12.4. The minimum Gasteiger partial charge on any atom is -0.372 e. The van der Waals surface area contributed by atoms with Crippen LogP contribution in [0.2, 0.25) is 0 Å². The average molecular weight is 284 g/mol. The van der Waals surface area contributed by atoms with Crippen LogP contribution in [0.25, 0.3) is 0 Å². The van der Waals surface area contributed by atoms with E-state index in [2.05, 4.69) is 17.1 Å². The minimum absolute atomic E-state index is 0.0745. The van der Waals surface area contributed by atoms with Gasteiger partial charge in [0.25, 0.3) is 0 Å². The fourth-order valence-corrected chi connectivity index (χ4v) is 5.36. The van der Waals surface area contributed by atoms with Crippen molar-refractivity contribution in [2.45, 2.75) is 24.1 Å². The molecule has 0 amide bonds. The van der Waals surface area contributed by atoms with Gasteiger partial charge in [0.15, 0.2) is 5.78 Å². The molecule has 4 rings (SSSR count). The summed E-state index contributed by atoms with van der Waals surface area (Å²) in [6.07, 6.45) is 7.70. The summed E-state index contributed by atoms with van der Waals surface area (Å²) in [5.74, 6) is 0.543. The highest BCUT2D eigenvalue weighted by Crippen LogP contribution is 2.63. The van der Waals surface area contributed by atoms with Crippen molar-refractivity contribution in [1.82, 2.24) is 4.90 Å². The molecular formula is C14H15Cl2NO. The van der Waals surface area contributed by atoms with Crippen LogP contribution in [0.5, 0.6) is 0 Å². The van der Waals surface area contributed by atoms with Gasteiger partial charge in [0.1, 0.15) is 9.91 Å². The molecule has 0 aromatic rings. The highest BCUT2D eigenvalue weighted by Gasteiger charge is 2.65. The number of likely N-dealkylation sites (tertiary alicyclic amines) is 1. The first-order chi connectivity index (χ1) is 8.64. The van der Waals surface area contributed by atoms with Gasteiger partial charge >= 0.3 is 0 Å². The van der Waals surface area contributed by atoms with Gasteiger partial charge in [-0.2, -0.15) is 0 Å². The van der Waals surface area contributed by atoms with E-state index in [1.807, 2.05) is 0 Å². The SMILES string of the molecule is O=C1C(Cl)=C(N2CCCC2)C2(Cl)C3C=CC(C3)C12. The molecule has 2 fully saturated rings. The molecule has 1 aliphatic heterocycles. The van der Waals surface area contributed by atoms with E-state index in [0.717, 1.165) is 25.2 Å². The second-order valence-electron chi connectivity index (χ2n) is 5.86. The van der Waals surface area contributed by atoms with Crippen molar-refractivity contribution in [2.75, 3.05) is 13.1 Å². The second kappa shape index (κ2) is 3.55. The highest BCUT2D eigenvalue weighted by atomic mass is 35.5. The molecule has 0 aromatic carbocycles. The summed E-state index contributed by atoms with van der Waals surface area (Å²) in [4.78, 5) is 14.1. The molecule has 3 aliphatic carbocycles. The third-order valence-electron chi connectivity index (χ3n) is 5.03. The maximum absolute atomic E-state index is 12.4. The van der Waals surface area contributed by atoms with Crippen LogP contribution in [0.1, 0.15) is 19.3 Å². The molecule has 18 heavy (non-hydrogen) atoms. The van der Waals surface area contributed by atoms with Crippen molar-refractivity contribution in [3.8, 4) is 0 Å². The van der Waals surface area contributed by atoms with Crippen molar-refractivity contribution < 1.29 is 4.79 Å². The molecule has 4 heteroatoms. The molecule has 0 aromatic heterocycles. The number of nitrogens with zero attached hydrogens (tertiary/aromatic N) is 1. The van der Waals surface area contributed by atoms with E-state index < -0.39 is 4.87 Å². The normalized spacial score (nSPS) is 45.6. The molecule has 1 saturated heterocycles. The van der Waals surface area contributed by atoms with Gasteiger partial charge in [0.2, 0.25) is 0 Å². The number of Topliss-reactive ketones (excluding diaryl/α,β-unsaturated/α-hetero) is 1. The third-order valence-corrected chi connectivity index (χ3v) is 6.09. The predicted octanol–water partition coefficient (Wildman–Crippen LogP) is 2.92. The van der Waals surface area contributed by atoms with Crippen molar-refractivity contribution in [3.05, 3.63) is 22.9 Å². The van der Waals surface area contributed by atoms with Gasteiger partial charge in [-0.3, -0.25) is 4.79 Å². The number of allylic oxidation sites excluding steroid dienone is 4. The monoisotopic (exact) mass is 283 g/mol. The summed E-state index contributed by atoms with van der Waals surface area (Å²) >= 11 is 13.3. The van der Waals surface area contributed by atoms with Crippen LogP contribution in [0, 0.1) is 17.8 Å². The van der Waals surface area contributed by atoms with Crippen LogP contribution in [0.15, 0.2) is 22.9 Å². The third kappa shape index (κ3) is 1.14. The lowest BCUT2D eigenvalue weighted by Crippen LogP contribution is -2.42. The number of hydrogen-bond acceptors (Lipinski definition) is 2. The van der Waals surface area contributed by atoms with Gasteiger partial charge in [0.05, 0.1) is 11.6 Å². The largest absolute Gasteiger partial charge is 0.372 e. The van der Waals surface area contributed by atoms with Crippen molar-refractivity contribution in [3.63, 3.8) is 0 Å². The zero-order valence-electron chi connectivity index (χ0n) is 10.0. The van der Waals surface area contributed by atoms with Crippen LogP contribution in [-0.2, 0) is 4.79 Å². The lowest BCUT2D eigenvalue weighted by Gasteiger charge is -2.36. The number of hydrogen-bond donors (Lipinski definition) is 0. The van der Waals surface area contributed by atoms with E-state index in [9.17, 15) is 4.79 Å². The van der Waals surface area contributed by atoms with Crippen LogP contribution in [0.4, 0.5) is 0 Å². The van der Waals surface area contributed by atoms with Crippen molar-refractivity contribution in [1.29, 1.82) is 0 Å². The van der Waals surface area contributed by atoms with Crippen LogP contribution in [0.3, 0.4) is 0 Å². The Hall–Kier alpha value is -0.470. The molecule has 2 bridgehead atoms. The maximum Gasteiger partial charge on any atom is 0.181 e. The summed E-state index contributed by atoms with van der Waals surface area (Å²) in [5.41, 5.74) is 0.940. The van der Waals surface area contributed by atoms with Gasteiger partial charge in [-0.15, -0.1) is 11.6 Å². The molecule has 0 spiro atoms. The Labute approximate surface area is 117 Å². The van der Waals surface area contributed by atoms with E-state index in [4.69, 9.17) is 23.2 Å². The Bertz CT molecular complexity index is 492. The standard InChI is InChI=1S/C14H15Cl2NO/c15-11-12(18)10-8-3-4-9(7-8)14(10,16)13(11)17-5-1-2-6-17/h3-4,8-10H,1-2,5-7H2. The summed E-state index contributed by atoms with van der Waals surface area (Å²) in [6, 6.07) is 0. The minimum atomic E-state index is -0.544. The average Bonchev–Trinajstić information content (AvgIpc) is 3.04. The van der Waals surface area contributed by atoms with E-state index in [1.165, 1.54) is 12.8 Å². The molecule has 2 nitrogen and oxygen atoms in total. The summed E-state index contributed by atoms with van der Waals surface area (Å²) in [5, 5.41) is 0.412. The summed E-state index contributed by atoms with van der Waals surface area (Å²) < 4.78 is 0. The fraction of sp³-hybridized carbons (Fsp3) is 0.643. The number of carbonyl (C=O) groups excluding carboxylic acids is 1. The Morgan fingerprint density at radius 3 is 2.72 bits per heavy atom. The zero-order valence-corrected chi connectivity index (χ0v) is 11.5. The van der Waals surface area contributed by atoms with Gasteiger partial charge < -0.3 is 4.90 Å². The molecule has 0 N–H and O–H groups in total. The Balaban J connectivity index is 1.84. The molecule has 4 aliphatic rings. The molecule has 96 valence electrons. The summed E-state index contributed by atoms with van der Waals surface area (Å²) in [7, 11) is 0. The number of fused-ring (bicyclic) bond motifs is 5. The zero-order chi connectivity index (χ0) is 12.5. The Morgan fingerprint density at radius 1 is 1.28 bits per heavy atom. The molecule has 4 atom stereocenters. The fourth-order valence-electron chi connectivity index (χ4n) is 4.28. The Kier molecular flexibility index (Phi) is 2.24. The molecule has 1 heterocycles. The topological polar surface area (TPSA) is 20.3 Å². The van der Waals surface area contributed by atoms with Crippen molar-refractivity contribution in [2.24, 2.45) is 17.8 Å². The number of alkyl halides is 1. The van der Waals surface area contributed by atoms with Gasteiger partial charge in [-0.05, 0) is 25.2 Å². The summed E-state index contributed by atoms with van der Waals surface area (Å²) in [6.45, 7) is 1.97. The molecular weight excluding hydrogens is 269 g/mol. The first kappa shape index (κ1) is 11.4. The highest BCUT2D eigenvalue weighted by molar-refractivity contribution is 6.47. The van der Waals surface area contributed by atoms with Crippen LogP contribution in [-0.4, -0.2) is 28.6 Å². The lowest BCUT2D eigenvalue weighted by atomic mass is 9.82. The molecule has 4 unspecified atom stereocenters. The second-order valence-corrected chi connectivity index (χ2v) is 6.86. The van der Waals surface area contributed by atoms with Crippen LogP contribution < -0.4 is 0 Å². The molecule has 1 saturated carbocycles. The lowest BCUT2D eigenvalue weighted by molar-refractivity contribution is -0.118. The van der Waals surface area contributed by atoms with Gasteiger partial charge in [0, 0.05) is 19.0 Å². The number of ketones is 1. The van der Waals surface area contributed by atoms with Gasteiger partial charge in [-0.25, -0.2) is 0 Å². The van der Waals surface area contributed by atoms with E-state index >= 15 is 0 Å². The first-order valence-corrected chi connectivity index (χ1v) is 7.46. The smallest absolute Gasteiger partial charge is 0.181 e. The number of halogens is 2. The van der Waals surface area contributed by atoms with E-state index in [-0.39, 0.29) is 17.6 Å². The molecule has 0 radical (unpaired) electrons.